The number of ether oxygens (including phenoxy) is 1. The highest BCUT2D eigenvalue weighted by Gasteiger charge is 2.26. The SMILES string of the molecule is CCN1CCN(Cc2ccc(N(Cc3ccc(C(=O)OC)cc3F)C(=O)N3CCSCC3)cc2)CC1. The number of halogens is 1. The molecule has 0 saturated carbocycles. The Hall–Kier alpha value is -2.62. The van der Waals surface area contributed by atoms with Crippen molar-refractivity contribution in [3.8, 4) is 0 Å². The van der Waals surface area contributed by atoms with Crippen LogP contribution in [0.1, 0.15) is 28.4 Å². The highest BCUT2D eigenvalue weighted by atomic mass is 32.2. The summed E-state index contributed by atoms with van der Waals surface area (Å²) >= 11 is 1.83. The average Bonchev–Trinajstić information content (AvgIpc) is 2.93. The van der Waals surface area contributed by atoms with Gasteiger partial charge in [0.25, 0.3) is 0 Å². The van der Waals surface area contributed by atoms with E-state index in [1.165, 1.54) is 24.8 Å². The maximum atomic E-state index is 14.9. The summed E-state index contributed by atoms with van der Waals surface area (Å²) in [7, 11) is 1.26. The van der Waals surface area contributed by atoms with Gasteiger partial charge in [-0.05, 0) is 36.4 Å². The van der Waals surface area contributed by atoms with Crippen molar-refractivity contribution >= 4 is 29.4 Å². The summed E-state index contributed by atoms with van der Waals surface area (Å²) in [4.78, 5) is 33.7. The molecule has 2 amide bonds. The Morgan fingerprint density at radius 1 is 0.972 bits per heavy atom. The van der Waals surface area contributed by atoms with Gasteiger partial charge in [-0.25, -0.2) is 14.0 Å². The van der Waals surface area contributed by atoms with Gasteiger partial charge in [0, 0.05) is 68.6 Å². The van der Waals surface area contributed by atoms with Crippen LogP contribution in [-0.2, 0) is 17.8 Å². The predicted molar refractivity (Wildman–Crippen MR) is 142 cm³/mol. The number of hydrogen-bond acceptors (Lipinski definition) is 6. The number of likely N-dealkylation sites (N-methyl/N-ethyl adjacent to an activating group) is 1. The van der Waals surface area contributed by atoms with Gasteiger partial charge in [-0.1, -0.05) is 25.1 Å². The quantitative estimate of drug-likeness (QED) is 0.522. The number of hydrogen-bond donors (Lipinski definition) is 0. The van der Waals surface area contributed by atoms with Crippen molar-refractivity contribution < 1.29 is 18.7 Å². The van der Waals surface area contributed by atoms with Gasteiger partial charge < -0.3 is 14.5 Å². The second-order valence-electron chi connectivity index (χ2n) is 9.14. The number of urea groups is 1. The molecule has 0 bridgehead atoms. The minimum absolute atomic E-state index is 0.0775. The van der Waals surface area contributed by atoms with E-state index in [-0.39, 0.29) is 18.1 Å². The van der Waals surface area contributed by atoms with E-state index in [1.54, 1.807) is 11.0 Å². The molecule has 0 aliphatic carbocycles. The fourth-order valence-corrected chi connectivity index (χ4v) is 5.49. The van der Waals surface area contributed by atoms with Gasteiger partial charge >= 0.3 is 12.0 Å². The normalized spacial score (nSPS) is 17.1. The van der Waals surface area contributed by atoms with Crippen LogP contribution in [0.25, 0.3) is 0 Å². The van der Waals surface area contributed by atoms with Gasteiger partial charge in [0.15, 0.2) is 0 Å². The minimum atomic E-state index is -0.592. The molecule has 36 heavy (non-hydrogen) atoms. The number of carbonyl (C=O) groups is 2. The van der Waals surface area contributed by atoms with E-state index in [2.05, 4.69) is 28.9 Å². The molecule has 0 atom stereocenters. The third kappa shape index (κ3) is 6.57. The lowest BCUT2D eigenvalue weighted by Gasteiger charge is -2.34. The molecule has 9 heteroatoms. The van der Waals surface area contributed by atoms with Gasteiger partial charge in [-0.2, -0.15) is 11.8 Å². The average molecular weight is 515 g/mol. The highest BCUT2D eigenvalue weighted by Crippen LogP contribution is 2.24. The standard InChI is InChI=1S/C27H35FN4O3S/c1-3-29-10-12-30(13-11-29)19-21-4-8-24(9-5-21)32(27(34)31-14-16-36-17-15-31)20-23-7-6-22(18-25(23)28)26(33)35-2/h4-9,18H,3,10-17,19-20H2,1-2H3. The molecular weight excluding hydrogens is 479 g/mol. The highest BCUT2D eigenvalue weighted by molar-refractivity contribution is 7.99. The third-order valence-electron chi connectivity index (χ3n) is 6.88. The fourth-order valence-electron chi connectivity index (χ4n) is 4.59. The van der Waals surface area contributed by atoms with E-state index >= 15 is 0 Å². The van der Waals surface area contributed by atoms with Crippen LogP contribution in [0.2, 0.25) is 0 Å². The topological polar surface area (TPSA) is 56.3 Å². The number of methoxy groups -OCH3 is 1. The monoisotopic (exact) mass is 514 g/mol. The van der Waals surface area contributed by atoms with E-state index in [9.17, 15) is 14.0 Å². The Bertz CT molecular complexity index is 1040. The summed E-state index contributed by atoms with van der Waals surface area (Å²) in [6.45, 7) is 9.86. The van der Waals surface area contributed by atoms with E-state index < -0.39 is 11.8 Å². The third-order valence-corrected chi connectivity index (χ3v) is 7.82. The first kappa shape index (κ1) is 26.4. The number of esters is 1. The second kappa shape index (κ2) is 12.6. The molecular formula is C27H35FN4O3S. The zero-order valence-electron chi connectivity index (χ0n) is 21.1. The number of piperazine rings is 1. The van der Waals surface area contributed by atoms with Crippen molar-refractivity contribution in [2.45, 2.75) is 20.0 Å². The van der Waals surface area contributed by atoms with Gasteiger partial charge in [0.2, 0.25) is 0 Å². The molecule has 0 N–H and O–H groups in total. The smallest absolute Gasteiger partial charge is 0.337 e. The molecule has 0 radical (unpaired) electrons. The van der Waals surface area contributed by atoms with Crippen molar-refractivity contribution in [1.29, 1.82) is 0 Å². The number of thioether (sulfide) groups is 1. The Balaban J connectivity index is 1.52. The zero-order valence-corrected chi connectivity index (χ0v) is 21.9. The van der Waals surface area contributed by atoms with Gasteiger partial charge in [0.05, 0.1) is 19.2 Å². The number of benzene rings is 2. The number of anilines is 1. The summed E-state index contributed by atoms with van der Waals surface area (Å²) in [5.41, 5.74) is 2.42. The number of amides is 2. The first-order valence-electron chi connectivity index (χ1n) is 12.5. The molecule has 2 aromatic rings. The van der Waals surface area contributed by atoms with Crippen LogP contribution in [0.15, 0.2) is 42.5 Å². The number of carbonyl (C=O) groups excluding carboxylic acids is 2. The second-order valence-corrected chi connectivity index (χ2v) is 10.4. The van der Waals surface area contributed by atoms with Crippen molar-refractivity contribution in [3.63, 3.8) is 0 Å². The first-order valence-corrected chi connectivity index (χ1v) is 13.7. The predicted octanol–water partition coefficient (Wildman–Crippen LogP) is 3.93. The molecule has 4 rings (SSSR count). The Morgan fingerprint density at radius 3 is 2.25 bits per heavy atom. The van der Waals surface area contributed by atoms with Crippen LogP contribution >= 0.6 is 11.8 Å². The van der Waals surface area contributed by atoms with Gasteiger partial charge in [0.1, 0.15) is 5.82 Å². The van der Waals surface area contributed by atoms with Crippen molar-refractivity contribution in [2.24, 2.45) is 0 Å². The molecule has 0 unspecified atom stereocenters. The van der Waals surface area contributed by atoms with E-state index in [0.29, 0.717) is 18.7 Å². The molecule has 2 saturated heterocycles. The first-order chi connectivity index (χ1) is 17.5. The molecule has 2 aliphatic rings. The van der Waals surface area contributed by atoms with Crippen LogP contribution < -0.4 is 4.90 Å². The molecule has 0 aromatic heterocycles. The van der Waals surface area contributed by atoms with E-state index in [4.69, 9.17) is 4.74 Å². The summed E-state index contributed by atoms with van der Waals surface area (Å²) in [6.07, 6.45) is 0. The van der Waals surface area contributed by atoms with Gasteiger partial charge in [-0.15, -0.1) is 0 Å². The summed E-state index contributed by atoms with van der Waals surface area (Å²) < 4.78 is 19.6. The molecule has 194 valence electrons. The summed E-state index contributed by atoms with van der Waals surface area (Å²) in [5, 5.41) is 0. The summed E-state index contributed by atoms with van der Waals surface area (Å²) in [5.74, 6) is 0.663. The van der Waals surface area contributed by atoms with Crippen LogP contribution in [-0.4, -0.2) is 91.1 Å². The lowest BCUT2D eigenvalue weighted by atomic mass is 10.1. The van der Waals surface area contributed by atoms with Crippen molar-refractivity contribution in [1.82, 2.24) is 14.7 Å². The lowest BCUT2D eigenvalue weighted by Crippen LogP contribution is -2.46. The molecule has 7 nitrogen and oxygen atoms in total. The van der Waals surface area contributed by atoms with Crippen molar-refractivity contribution in [2.75, 3.05) is 69.3 Å². The van der Waals surface area contributed by atoms with Crippen molar-refractivity contribution in [3.05, 3.63) is 65.0 Å². The largest absolute Gasteiger partial charge is 0.465 e. The van der Waals surface area contributed by atoms with E-state index in [0.717, 1.165) is 56.5 Å². The maximum absolute atomic E-state index is 14.9. The fraction of sp³-hybridized carbons (Fsp3) is 0.481. The van der Waals surface area contributed by atoms with Crippen LogP contribution in [0.3, 0.4) is 0 Å². The van der Waals surface area contributed by atoms with Crippen LogP contribution in [0, 0.1) is 5.82 Å². The lowest BCUT2D eigenvalue weighted by molar-refractivity contribution is 0.0600. The molecule has 2 aliphatic heterocycles. The number of rotatable bonds is 7. The molecule has 2 fully saturated rings. The Morgan fingerprint density at radius 2 is 1.64 bits per heavy atom. The van der Waals surface area contributed by atoms with E-state index in [1.807, 2.05) is 28.8 Å². The molecule has 2 aromatic carbocycles. The minimum Gasteiger partial charge on any atom is -0.465 e. The zero-order chi connectivity index (χ0) is 25.5. The number of nitrogens with zero attached hydrogens (tertiary/aromatic N) is 4. The van der Waals surface area contributed by atoms with Crippen LogP contribution in [0.5, 0.6) is 0 Å². The van der Waals surface area contributed by atoms with Crippen LogP contribution in [0.4, 0.5) is 14.9 Å². The Kier molecular flexibility index (Phi) is 9.23. The molecule has 0 spiro atoms. The molecule has 2 heterocycles. The van der Waals surface area contributed by atoms with Gasteiger partial charge in [-0.3, -0.25) is 9.80 Å². The summed E-state index contributed by atoms with van der Waals surface area (Å²) in [6, 6.07) is 12.2. The maximum Gasteiger partial charge on any atom is 0.337 e. The Labute approximate surface area is 217 Å².